The van der Waals surface area contributed by atoms with Gasteiger partial charge in [0, 0.05) is 68.1 Å². The number of aliphatic hydroxyl groups excluding tert-OH is 2. The normalized spacial score (nSPS) is 19.7. The second-order valence-electron chi connectivity index (χ2n) is 18.9. The Morgan fingerprint density at radius 2 is 1.43 bits per heavy atom. The summed E-state index contributed by atoms with van der Waals surface area (Å²) in [4.78, 5) is 144. The molecular weight excluding hydrogens is 1260 g/mol. The zero-order valence-corrected chi connectivity index (χ0v) is 49.4. The maximum Gasteiger partial charge on any atom is 0.488 e. The van der Waals surface area contributed by atoms with Crippen LogP contribution in [0.1, 0.15) is 48.0 Å². The molecule has 472 valence electrons. The quantitative estimate of drug-likeness (QED) is 0.00846. The molecule has 0 bridgehead atoms. The molecule has 1 aromatic carbocycles. The van der Waals surface area contributed by atoms with Crippen molar-refractivity contribution in [2.24, 2.45) is 0 Å². The van der Waals surface area contributed by atoms with Crippen LogP contribution in [-0.2, 0) is 78.2 Å². The molecule has 2 aliphatic heterocycles. The van der Waals surface area contributed by atoms with Crippen molar-refractivity contribution in [1.82, 2.24) is 49.8 Å². The van der Waals surface area contributed by atoms with Gasteiger partial charge in [-0.2, -0.15) is 9.29 Å². The van der Waals surface area contributed by atoms with Gasteiger partial charge in [-0.15, -0.1) is 11.8 Å². The maximum atomic E-state index is 13.1. The van der Waals surface area contributed by atoms with Gasteiger partial charge in [0.1, 0.15) is 18.3 Å². The Hall–Kier alpha value is -7.14. The van der Waals surface area contributed by atoms with Gasteiger partial charge < -0.3 is 71.7 Å². The third kappa shape index (κ3) is 21.6. The number of hydrogen-bond acceptors (Lipinski definition) is 25. The number of carbonyl (C=O) groups is 7. The monoisotopic (exact) mass is 1320 g/mol. The van der Waals surface area contributed by atoms with Crippen LogP contribution < -0.4 is 27.2 Å². The Balaban J connectivity index is 0.881. The summed E-state index contributed by atoms with van der Waals surface area (Å²) in [5.74, 6) is -1.01. The number of aliphatic hydroxyl groups is 2. The van der Waals surface area contributed by atoms with Gasteiger partial charge in [-0.25, -0.2) is 18.4 Å². The number of nitrogen functional groups attached to an aromatic ring is 1. The standard InChI is InChI=1S/C46H57N12O24P3S2/c47-45-53-41-38(42(71)54-45)50-24-58(41)44-40(70)39(69)30(80-44)23-79-84(75,76)82-85(77,78)81-83(73,74)12-1-9-48-32(59)8-11-57-33(60)16-31(43(57)72)87-13-10-49-46(86)52-27-6-4-25(5-7-27)2-3-26-14-28(17-55(19-34(61)62)20-35(63)64)51-29(15-26)18-56(21-36(65)66)22-37(67)68/h4-7,14-15,24,30-31,39-40,44,69-70H,1,8-13,16-23H2,(H,48,59)(H,61,62)(H,63,64)(H,65,66)(H,67,68)(H,73,74)(H,75,76)(H,77,78)(H2,49,52,86)(H3,47,53,54,71)/t30-,31?,39+,40?,44-/m1/s1. The lowest BCUT2D eigenvalue weighted by atomic mass is 10.1. The highest BCUT2D eigenvalue weighted by Crippen LogP contribution is 2.67. The molecule has 5 heterocycles. The first-order valence-electron chi connectivity index (χ1n) is 25.3. The molecule has 6 rings (SSSR count). The molecule has 87 heavy (non-hydrogen) atoms. The number of imide groups is 1. The fourth-order valence-corrected chi connectivity index (χ4v) is 13.7. The Morgan fingerprint density at radius 1 is 0.828 bits per heavy atom. The van der Waals surface area contributed by atoms with Crippen LogP contribution in [0.2, 0.25) is 0 Å². The third-order valence-corrected chi connectivity index (χ3v) is 18.3. The predicted octanol–water partition coefficient (Wildman–Crippen LogP) is -1.76. The fraction of sp³-hybridized carbons (Fsp3) is 0.435. The van der Waals surface area contributed by atoms with E-state index in [0.717, 1.165) is 25.6 Å². The van der Waals surface area contributed by atoms with E-state index < -0.39 is 139 Å². The average Bonchev–Trinajstić information content (AvgIpc) is 1.67. The van der Waals surface area contributed by atoms with Gasteiger partial charge in [0.2, 0.25) is 23.7 Å². The van der Waals surface area contributed by atoms with Crippen LogP contribution in [0.15, 0.2) is 47.5 Å². The highest BCUT2D eigenvalue weighted by molar-refractivity contribution is 8.00. The molecule has 0 aliphatic carbocycles. The molecule has 36 nitrogen and oxygen atoms in total. The number of carboxylic acid groups (broad SMARTS) is 4. The van der Waals surface area contributed by atoms with E-state index in [1.54, 1.807) is 24.3 Å². The predicted molar refractivity (Wildman–Crippen MR) is 303 cm³/mol. The minimum absolute atomic E-state index is 0.141. The second kappa shape index (κ2) is 30.7. The first kappa shape index (κ1) is 69.0. The number of phosphoric acid groups is 2. The topological polar surface area (TPSA) is 538 Å². The van der Waals surface area contributed by atoms with Gasteiger partial charge in [0.25, 0.3) is 5.56 Å². The lowest BCUT2D eigenvalue weighted by molar-refractivity contribution is -0.144. The zero-order valence-electron chi connectivity index (χ0n) is 45.0. The molecule has 3 aromatic heterocycles. The second-order valence-corrected chi connectivity index (χ2v) is 25.8. The number of pyridine rings is 1. The van der Waals surface area contributed by atoms with E-state index in [2.05, 4.69) is 60.9 Å². The minimum atomic E-state index is -5.85. The van der Waals surface area contributed by atoms with E-state index in [4.69, 9.17) is 22.7 Å². The van der Waals surface area contributed by atoms with E-state index in [9.17, 15) is 97.4 Å². The SMILES string of the molecule is Nc1nc2c(ncn2[C@@H]2O[C@H](COP(=O)(O)OP(=O)(O)OP(=O)(O)CCCNC(=O)CCN3C(=O)CC(SCCNC(=S)Nc4ccc(C#Cc5cc(CN(CC(=O)O)CC(=O)O)nc(CN(CC(=O)O)CC(=O)O)c5)cc4)C3=O)[C@H](O)C2O)c(=O)[nH]1. The van der Waals surface area contributed by atoms with Crippen LogP contribution in [-0.4, -0.2) is 219 Å². The fourth-order valence-electron chi connectivity index (χ4n) is 8.36. The summed E-state index contributed by atoms with van der Waals surface area (Å²) in [6, 6.07) is 9.63. The Labute approximate surface area is 500 Å². The van der Waals surface area contributed by atoms with E-state index in [-0.39, 0.29) is 85.6 Å². The number of carboxylic acids is 4. The number of thioether (sulfide) groups is 1. The summed E-state index contributed by atoms with van der Waals surface area (Å²) in [5.41, 5.74) is 6.26. The minimum Gasteiger partial charge on any atom is -0.480 e. The number of aliphatic carboxylic acids is 4. The van der Waals surface area contributed by atoms with Crippen LogP contribution >= 0.6 is 47.2 Å². The summed E-state index contributed by atoms with van der Waals surface area (Å²) < 4.78 is 57.2. The van der Waals surface area contributed by atoms with Gasteiger partial charge >= 0.3 is 47.1 Å². The van der Waals surface area contributed by atoms with Gasteiger partial charge in [-0.05, 0) is 55.0 Å². The van der Waals surface area contributed by atoms with Gasteiger partial charge in [0.05, 0.1) is 61.9 Å². The van der Waals surface area contributed by atoms with Crippen molar-refractivity contribution in [3.8, 4) is 11.8 Å². The third-order valence-electron chi connectivity index (χ3n) is 11.9. The molecule has 3 amide bonds. The van der Waals surface area contributed by atoms with Crippen molar-refractivity contribution in [1.29, 1.82) is 0 Å². The molecule has 0 saturated carbocycles. The van der Waals surface area contributed by atoms with E-state index in [1.807, 2.05) is 0 Å². The van der Waals surface area contributed by atoms with Crippen LogP contribution in [0, 0.1) is 11.8 Å². The maximum absolute atomic E-state index is 13.1. The van der Waals surface area contributed by atoms with Crippen molar-refractivity contribution in [2.75, 3.05) is 75.4 Å². The number of benzene rings is 1. The lowest BCUT2D eigenvalue weighted by Gasteiger charge is -2.20. The van der Waals surface area contributed by atoms with Crippen molar-refractivity contribution < 1.29 is 110 Å². The molecule has 4 aromatic rings. The van der Waals surface area contributed by atoms with Crippen LogP contribution in [0.3, 0.4) is 0 Å². The number of nitrogens with zero attached hydrogens (tertiary/aromatic N) is 7. The molecule has 2 fully saturated rings. The smallest absolute Gasteiger partial charge is 0.480 e. The number of thiocarbonyl (C=S) groups is 1. The van der Waals surface area contributed by atoms with Gasteiger partial charge in [-0.1, -0.05) is 11.8 Å². The summed E-state index contributed by atoms with van der Waals surface area (Å²) in [7, 11) is -16.6. The number of phosphoric ester groups is 1. The Kier molecular flexibility index (Phi) is 24.3. The van der Waals surface area contributed by atoms with Crippen molar-refractivity contribution >= 4 is 117 Å². The van der Waals surface area contributed by atoms with Crippen LogP contribution in [0.5, 0.6) is 0 Å². The summed E-state index contributed by atoms with van der Waals surface area (Å²) in [5, 5.41) is 66.2. The van der Waals surface area contributed by atoms with Crippen molar-refractivity contribution in [3.63, 3.8) is 0 Å². The highest BCUT2D eigenvalue weighted by Gasteiger charge is 2.47. The number of H-pyrrole nitrogens is 1. The molecule has 0 spiro atoms. The number of ether oxygens (including phenoxy) is 1. The summed E-state index contributed by atoms with van der Waals surface area (Å²) in [6.07, 6.45) is -7.40. The number of fused-ring (bicyclic) bond motifs is 1. The average molecular weight is 1320 g/mol. The molecule has 15 N–H and O–H groups in total. The lowest BCUT2D eigenvalue weighted by Crippen LogP contribution is -2.36. The molecule has 2 saturated heterocycles. The van der Waals surface area contributed by atoms with E-state index in [0.29, 0.717) is 22.6 Å². The molecular formula is C46H57N12O24P3S2. The largest absolute Gasteiger partial charge is 0.488 e. The van der Waals surface area contributed by atoms with Crippen LogP contribution in [0.4, 0.5) is 11.6 Å². The molecule has 5 unspecified atom stereocenters. The number of rotatable bonds is 32. The van der Waals surface area contributed by atoms with Gasteiger partial charge in [0.15, 0.2) is 22.5 Å². The number of imidazole rings is 1. The number of likely N-dealkylation sites (tertiary alicyclic amines) is 1. The molecule has 8 atom stereocenters. The Bertz CT molecular complexity index is 3440. The first-order chi connectivity index (χ1) is 40.8. The summed E-state index contributed by atoms with van der Waals surface area (Å²) >= 11 is 6.57. The number of carbonyl (C=O) groups excluding carboxylic acids is 3. The number of aromatic amines is 1. The zero-order chi connectivity index (χ0) is 64.0. The molecule has 2 aliphatic rings. The number of hydrogen-bond donors (Lipinski definition) is 14. The number of nitrogens with one attached hydrogen (secondary N) is 4. The number of anilines is 2. The number of nitrogens with two attached hydrogens (primary N) is 1. The molecule has 41 heteroatoms. The van der Waals surface area contributed by atoms with Gasteiger partial charge in [-0.3, -0.25) is 76.7 Å². The highest BCUT2D eigenvalue weighted by atomic mass is 32.2. The first-order valence-corrected chi connectivity index (χ1v) is 31.6. The number of amides is 3. The van der Waals surface area contributed by atoms with Crippen molar-refractivity contribution in [3.05, 3.63) is 75.6 Å². The van der Waals surface area contributed by atoms with Crippen LogP contribution in [0.25, 0.3) is 11.2 Å². The summed E-state index contributed by atoms with van der Waals surface area (Å²) in [6.45, 7) is -4.45. The van der Waals surface area contributed by atoms with E-state index in [1.165, 1.54) is 23.9 Å². The molecule has 0 radical (unpaired) electrons. The van der Waals surface area contributed by atoms with E-state index >= 15 is 0 Å². The van der Waals surface area contributed by atoms with Crippen molar-refractivity contribution in [2.45, 2.75) is 62.1 Å². The number of aromatic nitrogens is 5. The Morgan fingerprint density at radius 3 is 2.02 bits per heavy atom.